The molecule has 37 nitrogen and oxygen atoms in total. The molecule has 5 rings (SSSR count). The number of ether oxygens (including phenoxy) is 4. The molecule has 742 valence electrons. The number of esters is 2. The Kier molecular flexibility index (Phi) is 40.5. The summed E-state index contributed by atoms with van der Waals surface area (Å²) < 4.78 is 39.4. The van der Waals surface area contributed by atoms with Crippen LogP contribution in [0, 0.1) is 70.0 Å². The molecule has 0 aromatic heterocycles. The number of amides is 12. The first-order valence-corrected chi connectivity index (χ1v) is 46.1. The average molecular weight is 1870 g/mol. The van der Waals surface area contributed by atoms with E-state index in [0.29, 0.717) is 12.0 Å². The van der Waals surface area contributed by atoms with Crippen LogP contribution >= 0.6 is 0 Å². The van der Waals surface area contributed by atoms with Crippen LogP contribution in [0.4, 0.5) is 9.18 Å². The zero-order chi connectivity index (χ0) is 101. The van der Waals surface area contributed by atoms with Crippen LogP contribution in [-0.2, 0) is 100 Å². The number of carbonyl (C=O) groups is 18. The Hall–Kier alpha value is -10.3. The predicted molar refractivity (Wildman–Crippen MR) is 482 cm³/mol. The van der Waals surface area contributed by atoms with Crippen molar-refractivity contribution in [2.75, 3.05) is 69.3 Å². The van der Waals surface area contributed by atoms with Crippen molar-refractivity contribution in [3.63, 3.8) is 0 Å². The van der Waals surface area contributed by atoms with Gasteiger partial charge in [0.05, 0.1) is 25.5 Å². The van der Waals surface area contributed by atoms with E-state index in [1.807, 2.05) is 27.7 Å². The van der Waals surface area contributed by atoms with Crippen molar-refractivity contribution in [2.24, 2.45) is 70.0 Å². The Labute approximate surface area is 776 Å². The smallest absolute Gasteiger partial charge is 0.480 e. The molecule has 0 aromatic rings. The van der Waals surface area contributed by atoms with Crippen molar-refractivity contribution in [2.45, 2.75) is 312 Å². The van der Waals surface area contributed by atoms with E-state index in [1.54, 1.807) is 95.2 Å². The Balaban J connectivity index is 1.48. The molecule has 1 heterocycles. The van der Waals surface area contributed by atoms with Crippen molar-refractivity contribution in [1.82, 2.24) is 60.9 Å². The summed E-state index contributed by atoms with van der Waals surface area (Å²) >= 11 is 0. The summed E-state index contributed by atoms with van der Waals surface area (Å²) in [6, 6.07) is -16.2. The van der Waals surface area contributed by atoms with Gasteiger partial charge in [-0.1, -0.05) is 135 Å². The number of hydrogen-bond acceptors (Lipinski definition) is 24. The maximum absolute atomic E-state index is 17.8. The van der Waals surface area contributed by atoms with Crippen LogP contribution in [-0.4, -0.2) is 315 Å². The SMILES string of the molecule is CC=CC[C@H](C)C(OC(=O)OCOC(=O)C[C@@H](NC(=O)CCC(=O)OCC(=O)[C@]1(O)[C@H](C)CC2C3CCC4=CC(=O)C=C[C@@]4(C)[C@]3(F)[C@H](O)C[C@]21C)C(=O)O)C1C(=O)NC(CC)C(=O)N(C)CC(=O)N(C)[C@H](CC(C)C)C(=O)NC(C(C)C)C(=O)N(C)C(CC(C)C)C(=O)NC(C)C(=O)NC(C)C(=O)N(C)C(CC(C)C)C(=O)N(C)C(CC(C)C)C(=O)N(C)C(C(C)C)C(=O)N1C. The first-order chi connectivity index (χ1) is 61.2. The number of ketones is 2. The van der Waals surface area contributed by atoms with Gasteiger partial charge in [-0.3, -0.25) is 76.7 Å². The summed E-state index contributed by atoms with van der Waals surface area (Å²) in [5.41, 5.74) is -6.68. The molecule has 0 aromatic carbocycles. The lowest BCUT2D eigenvalue weighted by Crippen LogP contribution is -2.69. The van der Waals surface area contributed by atoms with E-state index in [2.05, 4.69) is 26.6 Å². The van der Waals surface area contributed by atoms with E-state index in [9.17, 15) is 82.4 Å². The highest BCUT2D eigenvalue weighted by molar-refractivity contribution is 6.02. The van der Waals surface area contributed by atoms with E-state index < -0.39 is 276 Å². The number of rotatable bonds is 28. The Morgan fingerprint density at radius 3 is 1.66 bits per heavy atom. The number of aliphatic hydroxyl groups excluding tert-OH is 1. The fourth-order valence-electron chi connectivity index (χ4n) is 19.5. The number of carboxylic acids is 1. The maximum Gasteiger partial charge on any atom is 0.511 e. The lowest BCUT2D eigenvalue weighted by Gasteiger charge is -2.62. The minimum atomic E-state index is -2.26. The lowest BCUT2D eigenvalue weighted by atomic mass is 9.44. The molecule has 0 bridgehead atoms. The van der Waals surface area contributed by atoms with E-state index in [0.717, 1.165) is 24.5 Å². The van der Waals surface area contributed by atoms with E-state index in [4.69, 9.17) is 18.9 Å². The molecule has 3 saturated carbocycles. The lowest BCUT2D eigenvalue weighted by molar-refractivity contribution is -0.220. The molecule has 8 N–H and O–H groups in total. The molecule has 12 unspecified atom stereocenters. The van der Waals surface area contributed by atoms with Gasteiger partial charge in [-0.2, -0.15) is 0 Å². The monoisotopic (exact) mass is 1870 g/mol. The molecule has 21 atom stereocenters. The van der Waals surface area contributed by atoms with Gasteiger partial charge in [0.25, 0.3) is 0 Å². The van der Waals surface area contributed by atoms with Gasteiger partial charge in [-0.05, 0) is 157 Å². The number of likely N-dealkylation sites (N-methyl/N-ethyl adjacent to an activating group) is 7. The standard InChI is InChI=1S/C94H149FN12O25/c1-28-30-31-55(15)78(132-90(127)131-48-130-74(114)44-64(89(125)126)98-71(111)34-35-73(113)129-47-70(110)94(128)56(16)42-62-61-33-32-59-43-60(108)36-37-91(59,19)93(61,95)69(109)45-92(62,94)20)77-82(118)99-63(29-2)84(120)101(21)46-72(112)102(22)65(38-49(3)4)81(117)100-75(53(11)12)87(123)103(23)66(39-50(5)6)80(116)96-57(17)79(115)97-58(18)83(119)104(24)67(40-51(7)8)85(121)105(25)68(41-52(9)10)86(122)106(26)76(54(13)14)88(124)107(77)27/h28,30,36-37,43,49-58,61-69,75-78,109,128H,29,31-35,38-42,44-48H2,1-27H3,(H,96,116)(H,97,115)(H,98,111)(H,99,118)(H,100,117)(H,125,126)/t55-,56+,57?,58?,61?,62?,63?,64+,65+,66?,67?,68?,69+,75?,76?,77?,78?,91+,92+,93+,94+/m0/s1. The molecule has 132 heavy (non-hydrogen) atoms. The quantitative estimate of drug-likeness (QED) is 0.0218. The van der Waals surface area contributed by atoms with E-state index in [-0.39, 0.29) is 87.2 Å². The number of fused-ring (bicyclic) bond motifs is 5. The van der Waals surface area contributed by atoms with Crippen LogP contribution in [0.5, 0.6) is 0 Å². The highest BCUT2D eigenvalue weighted by Gasteiger charge is 2.76. The van der Waals surface area contributed by atoms with Gasteiger partial charge in [-0.25, -0.2) is 14.0 Å². The number of aliphatic carboxylic acids is 1. The van der Waals surface area contributed by atoms with Gasteiger partial charge in [0.15, 0.2) is 18.1 Å². The number of hydrogen-bond donors (Lipinski definition) is 8. The van der Waals surface area contributed by atoms with Crippen LogP contribution < -0.4 is 26.6 Å². The molecule has 0 spiro atoms. The predicted octanol–water partition coefficient (Wildman–Crippen LogP) is 5.13. The van der Waals surface area contributed by atoms with Crippen molar-refractivity contribution in [1.29, 1.82) is 0 Å². The van der Waals surface area contributed by atoms with Crippen LogP contribution in [0.1, 0.15) is 222 Å². The minimum Gasteiger partial charge on any atom is -0.480 e. The summed E-state index contributed by atoms with van der Waals surface area (Å²) in [6.45, 7) is 30.3. The molecule has 38 heteroatoms. The highest BCUT2D eigenvalue weighted by Crippen LogP contribution is 2.71. The summed E-state index contributed by atoms with van der Waals surface area (Å²) in [5.74, 6) is -21.3. The van der Waals surface area contributed by atoms with Crippen LogP contribution in [0.25, 0.3) is 0 Å². The first kappa shape index (κ1) is 112. The van der Waals surface area contributed by atoms with Crippen molar-refractivity contribution >= 4 is 107 Å². The number of nitrogens with one attached hydrogen (secondary N) is 5. The summed E-state index contributed by atoms with van der Waals surface area (Å²) in [5, 5.41) is 47.3. The highest BCUT2D eigenvalue weighted by atomic mass is 19.1. The van der Waals surface area contributed by atoms with E-state index in [1.165, 1.54) is 105 Å². The maximum atomic E-state index is 17.8. The third-order valence-electron chi connectivity index (χ3n) is 27.2. The molecule has 1 aliphatic heterocycles. The topological polar surface area (TPSA) is 488 Å². The van der Waals surface area contributed by atoms with Crippen molar-refractivity contribution < 1.29 is 125 Å². The Morgan fingerprint density at radius 1 is 0.598 bits per heavy atom. The van der Waals surface area contributed by atoms with Gasteiger partial charge >= 0.3 is 24.1 Å². The second kappa shape index (κ2) is 47.6. The molecule has 12 amide bonds. The van der Waals surface area contributed by atoms with Gasteiger partial charge in [0.2, 0.25) is 83.5 Å². The van der Waals surface area contributed by atoms with Crippen molar-refractivity contribution in [3.05, 3.63) is 36.0 Å². The third kappa shape index (κ3) is 26.2. The molecule has 0 radical (unpaired) electrons. The molecule has 1 saturated heterocycles. The first-order valence-electron chi connectivity index (χ1n) is 46.1. The van der Waals surface area contributed by atoms with Crippen LogP contribution in [0.15, 0.2) is 36.0 Å². The molecule has 4 aliphatic carbocycles. The normalized spacial score (nSPS) is 30.3. The number of aliphatic hydroxyl groups is 2. The molecular weight excluding hydrogens is 1720 g/mol. The number of alkyl halides is 1. The number of allylic oxidation sites excluding steroid dienone is 6. The minimum absolute atomic E-state index is 0.00854. The second-order valence-corrected chi connectivity index (χ2v) is 39.6. The van der Waals surface area contributed by atoms with E-state index >= 15 is 23.6 Å². The van der Waals surface area contributed by atoms with Crippen LogP contribution in [0.2, 0.25) is 0 Å². The number of nitrogens with zero attached hydrogens (tertiary/aromatic N) is 7. The number of Topliss-reactive ketones (excluding diaryl/α,β-unsaturated/α-hetero) is 1. The van der Waals surface area contributed by atoms with Gasteiger partial charge < -0.3 is 95.2 Å². The summed E-state index contributed by atoms with van der Waals surface area (Å²) in [7, 11) is 9.23. The number of carbonyl (C=O) groups excluding carboxylic acids is 17. The Bertz CT molecular complexity index is 4320. The second-order valence-electron chi connectivity index (χ2n) is 39.6. The largest absolute Gasteiger partial charge is 0.511 e. The Morgan fingerprint density at radius 2 is 1.12 bits per heavy atom. The molecule has 4 fully saturated rings. The van der Waals surface area contributed by atoms with Crippen molar-refractivity contribution in [3.8, 4) is 0 Å². The zero-order valence-electron chi connectivity index (χ0n) is 82.3. The van der Waals surface area contributed by atoms with Crippen LogP contribution in [0.3, 0.4) is 0 Å². The zero-order valence-corrected chi connectivity index (χ0v) is 82.3. The average Bonchev–Trinajstić information content (AvgIpc) is 1.46. The number of carboxylic acid groups (broad SMARTS) is 1. The fraction of sp³-hybridized carbons (Fsp3) is 0.745. The fourth-order valence-corrected chi connectivity index (χ4v) is 19.5. The third-order valence-corrected chi connectivity index (χ3v) is 27.2. The molecular formula is C94H149FN12O25. The van der Waals surface area contributed by atoms with Gasteiger partial charge in [-0.15, -0.1) is 0 Å². The van der Waals surface area contributed by atoms with Gasteiger partial charge in [0, 0.05) is 72.5 Å². The summed E-state index contributed by atoms with van der Waals surface area (Å²) in [6.07, 6.45) is -0.0118. The van der Waals surface area contributed by atoms with Gasteiger partial charge in [0.1, 0.15) is 78.2 Å². The number of halogens is 1. The molecule has 5 aliphatic rings. The summed E-state index contributed by atoms with van der Waals surface area (Å²) in [4.78, 5) is 266.